The lowest BCUT2D eigenvalue weighted by Gasteiger charge is -2.19. The highest BCUT2D eigenvalue weighted by atomic mass is 16.5. The minimum absolute atomic E-state index is 0.0108. The standard InChI is InChI=1S/C21H25NO3/c1-4-11-24-19-9-7-16(8-10-19)17-5-6-18-13-20(25-21(18)12-17)14(2)22-15(3)23/h5-10,12,14,20H,4,11,13H2,1-3H3,(H,22,23)/t14-,20-/m1/s1. The molecule has 0 saturated carbocycles. The molecule has 3 rings (SSSR count). The van der Waals surface area contributed by atoms with E-state index >= 15 is 0 Å². The number of carbonyl (C=O) groups excluding carboxylic acids is 1. The summed E-state index contributed by atoms with van der Waals surface area (Å²) in [5.41, 5.74) is 3.44. The van der Waals surface area contributed by atoms with Gasteiger partial charge in [0.25, 0.3) is 0 Å². The van der Waals surface area contributed by atoms with Gasteiger partial charge in [-0.3, -0.25) is 4.79 Å². The third-order valence-electron chi connectivity index (χ3n) is 4.42. The number of hydrogen-bond donors (Lipinski definition) is 1. The molecule has 0 saturated heterocycles. The first-order valence-corrected chi connectivity index (χ1v) is 8.86. The van der Waals surface area contributed by atoms with Gasteiger partial charge in [0.05, 0.1) is 12.6 Å². The van der Waals surface area contributed by atoms with Crippen LogP contribution in [0.3, 0.4) is 0 Å². The molecule has 1 heterocycles. The number of fused-ring (bicyclic) bond motifs is 1. The normalized spacial score (nSPS) is 16.7. The van der Waals surface area contributed by atoms with Crippen molar-refractivity contribution >= 4 is 5.91 Å². The molecule has 1 N–H and O–H groups in total. The van der Waals surface area contributed by atoms with Crippen molar-refractivity contribution in [3.05, 3.63) is 48.0 Å². The zero-order valence-electron chi connectivity index (χ0n) is 15.0. The first-order chi connectivity index (χ1) is 12.1. The minimum atomic E-state index is -0.0295. The van der Waals surface area contributed by atoms with Crippen molar-refractivity contribution in [2.75, 3.05) is 6.61 Å². The van der Waals surface area contributed by atoms with E-state index in [2.05, 4.69) is 42.6 Å². The lowest BCUT2D eigenvalue weighted by Crippen LogP contribution is -2.42. The van der Waals surface area contributed by atoms with Gasteiger partial charge in [-0.1, -0.05) is 31.2 Å². The topological polar surface area (TPSA) is 47.6 Å². The van der Waals surface area contributed by atoms with Gasteiger partial charge in [0.15, 0.2) is 0 Å². The second-order valence-electron chi connectivity index (χ2n) is 6.54. The largest absolute Gasteiger partial charge is 0.494 e. The van der Waals surface area contributed by atoms with Gasteiger partial charge in [-0.2, -0.15) is 0 Å². The van der Waals surface area contributed by atoms with Gasteiger partial charge in [-0.05, 0) is 48.2 Å². The Labute approximate surface area is 149 Å². The van der Waals surface area contributed by atoms with E-state index in [1.54, 1.807) is 0 Å². The highest BCUT2D eigenvalue weighted by Crippen LogP contribution is 2.34. The van der Waals surface area contributed by atoms with Crippen LogP contribution in [0.25, 0.3) is 11.1 Å². The fraction of sp³-hybridized carbons (Fsp3) is 0.381. The molecule has 4 heteroatoms. The Morgan fingerprint density at radius 1 is 1.24 bits per heavy atom. The fourth-order valence-corrected chi connectivity index (χ4v) is 3.09. The summed E-state index contributed by atoms with van der Waals surface area (Å²) in [4.78, 5) is 11.2. The Kier molecular flexibility index (Phi) is 5.27. The van der Waals surface area contributed by atoms with Crippen LogP contribution < -0.4 is 14.8 Å². The van der Waals surface area contributed by atoms with E-state index < -0.39 is 0 Å². The summed E-state index contributed by atoms with van der Waals surface area (Å²) < 4.78 is 11.7. The number of carbonyl (C=O) groups is 1. The summed E-state index contributed by atoms with van der Waals surface area (Å²) >= 11 is 0. The van der Waals surface area contributed by atoms with Crippen molar-refractivity contribution in [2.45, 2.75) is 45.8 Å². The third kappa shape index (κ3) is 4.13. The second kappa shape index (κ2) is 7.60. The van der Waals surface area contributed by atoms with Crippen molar-refractivity contribution in [3.8, 4) is 22.6 Å². The Balaban J connectivity index is 1.72. The molecule has 1 amide bonds. The molecule has 0 radical (unpaired) electrons. The molecule has 2 aromatic carbocycles. The number of nitrogens with one attached hydrogen (secondary N) is 1. The van der Waals surface area contributed by atoms with E-state index in [0.717, 1.165) is 42.1 Å². The average molecular weight is 339 g/mol. The van der Waals surface area contributed by atoms with Crippen LogP contribution in [0.2, 0.25) is 0 Å². The van der Waals surface area contributed by atoms with Crippen molar-refractivity contribution < 1.29 is 14.3 Å². The molecule has 1 aliphatic heterocycles. The highest BCUT2D eigenvalue weighted by Gasteiger charge is 2.28. The van der Waals surface area contributed by atoms with Crippen molar-refractivity contribution in [3.63, 3.8) is 0 Å². The van der Waals surface area contributed by atoms with Crippen LogP contribution in [0, 0.1) is 0 Å². The van der Waals surface area contributed by atoms with Gasteiger partial charge < -0.3 is 14.8 Å². The van der Waals surface area contributed by atoms with Crippen molar-refractivity contribution in [1.82, 2.24) is 5.32 Å². The lowest BCUT2D eigenvalue weighted by molar-refractivity contribution is -0.120. The molecule has 4 nitrogen and oxygen atoms in total. The van der Waals surface area contributed by atoms with Gasteiger partial charge in [0, 0.05) is 13.3 Å². The van der Waals surface area contributed by atoms with E-state index in [1.807, 2.05) is 19.1 Å². The van der Waals surface area contributed by atoms with Crippen LogP contribution in [-0.4, -0.2) is 24.7 Å². The molecule has 0 unspecified atom stereocenters. The molecule has 2 atom stereocenters. The fourth-order valence-electron chi connectivity index (χ4n) is 3.09. The SMILES string of the molecule is CCCOc1ccc(-c2ccc3c(c2)O[C@@H]([C@@H](C)NC(C)=O)C3)cc1. The number of ether oxygens (including phenoxy) is 2. The van der Waals surface area contributed by atoms with Gasteiger partial charge in [-0.25, -0.2) is 0 Å². The summed E-state index contributed by atoms with van der Waals surface area (Å²) in [6.45, 7) is 6.34. The molecule has 0 fully saturated rings. The van der Waals surface area contributed by atoms with Crippen LogP contribution in [0.4, 0.5) is 0 Å². The summed E-state index contributed by atoms with van der Waals surface area (Å²) in [5, 5.41) is 2.91. The van der Waals surface area contributed by atoms with Crippen LogP contribution >= 0.6 is 0 Å². The maximum absolute atomic E-state index is 11.2. The molecule has 25 heavy (non-hydrogen) atoms. The molecule has 132 valence electrons. The van der Waals surface area contributed by atoms with E-state index in [9.17, 15) is 4.79 Å². The molecule has 2 aromatic rings. The van der Waals surface area contributed by atoms with Crippen LogP contribution in [0.5, 0.6) is 11.5 Å². The smallest absolute Gasteiger partial charge is 0.217 e. The molecule has 0 aliphatic carbocycles. The number of benzene rings is 2. The maximum atomic E-state index is 11.2. The molecule has 1 aliphatic rings. The van der Waals surface area contributed by atoms with Crippen LogP contribution in [-0.2, 0) is 11.2 Å². The summed E-state index contributed by atoms with van der Waals surface area (Å²) in [6, 6.07) is 14.4. The van der Waals surface area contributed by atoms with E-state index in [1.165, 1.54) is 12.5 Å². The molecule has 0 spiro atoms. The Hall–Kier alpha value is -2.49. The predicted molar refractivity (Wildman–Crippen MR) is 99.1 cm³/mol. The monoisotopic (exact) mass is 339 g/mol. The quantitative estimate of drug-likeness (QED) is 0.866. The molecule has 0 aromatic heterocycles. The maximum Gasteiger partial charge on any atom is 0.217 e. The zero-order chi connectivity index (χ0) is 17.8. The number of hydrogen-bond acceptors (Lipinski definition) is 3. The van der Waals surface area contributed by atoms with Gasteiger partial charge in [0.2, 0.25) is 5.91 Å². The van der Waals surface area contributed by atoms with Crippen LogP contribution in [0.1, 0.15) is 32.8 Å². The first kappa shape index (κ1) is 17.3. The van der Waals surface area contributed by atoms with Gasteiger partial charge in [-0.15, -0.1) is 0 Å². The van der Waals surface area contributed by atoms with Crippen molar-refractivity contribution in [2.24, 2.45) is 0 Å². The highest BCUT2D eigenvalue weighted by molar-refractivity contribution is 5.73. The molecular formula is C21H25NO3. The van der Waals surface area contributed by atoms with Gasteiger partial charge >= 0.3 is 0 Å². The first-order valence-electron chi connectivity index (χ1n) is 8.86. The second-order valence-corrected chi connectivity index (χ2v) is 6.54. The van der Waals surface area contributed by atoms with Crippen molar-refractivity contribution in [1.29, 1.82) is 0 Å². The molecular weight excluding hydrogens is 314 g/mol. The number of amides is 1. The zero-order valence-corrected chi connectivity index (χ0v) is 15.0. The Morgan fingerprint density at radius 3 is 2.64 bits per heavy atom. The summed E-state index contributed by atoms with van der Waals surface area (Å²) in [6.07, 6.45) is 1.81. The van der Waals surface area contributed by atoms with E-state index in [4.69, 9.17) is 9.47 Å². The number of rotatable bonds is 6. The third-order valence-corrected chi connectivity index (χ3v) is 4.42. The van der Waals surface area contributed by atoms with Crippen LogP contribution in [0.15, 0.2) is 42.5 Å². The summed E-state index contributed by atoms with van der Waals surface area (Å²) in [5.74, 6) is 1.77. The predicted octanol–water partition coefficient (Wildman–Crippen LogP) is 3.97. The van der Waals surface area contributed by atoms with E-state index in [-0.39, 0.29) is 18.1 Å². The Bertz CT molecular complexity index is 739. The summed E-state index contributed by atoms with van der Waals surface area (Å²) in [7, 11) is 0. The lowest BCUT2D eigenvalue weighted by atomic mass is 10.0. The molecule has 0 bridgehead atoms. The minimum Gasteiger partial charge on any atom is -0.494 e. The van der Waals surface area contributed by atoms with E-state index in [0.29, 0.717) is 0 Å². The van der Waals surface area contributed by atoms with Gasteiger partial charge in [0.1, 0.15) is 17.6 Å². The Morgan fingerprint density at radius 2 is 1.96 bits per heavy atom. The average Bonchev–Trinajstić information content (AvgIpc) is 3.03.